The standard InChI is InChI=1S/C20H14F3N3O2/c21-20(22,23)13-4-3-5-14(10-13)26-18(27)15-6-1-2-7-16(15)25-11-12-8-9-24-19-17(12)28-19/h1-10,25H,11H2,(H,26,27). The minimum atomic E-state index is -4.48. The van der Waals surface area contributed by atoms with Crippen LogP contribution in [0.2, 0.25) is 0 Å². The number of halogens is 3. The van der Waals surface area contributed by atoms with Crippen molar-refractivity contribution < 1.29 is 22.7 Å². The number of carbonyl (C=O) groups is 1. The number of ether oxygens (including phenoxy) is 1. The molecule has 2 aromatic carbocycles. The van der Waals surface area contributed by atoms with Crippen molar-refractivity contribution in [3.63, 3.8) is 0 Å². The van der Waals surface area contributed by atoms with E-state index in [1.165, 1.54) is 12.1 Å². The Labute approximate surface area is 158 Å². The van der Waals surface area contributed by atoms with Gasteiger partial charge in [-0.15, -0.1) is 0 Å². The number of amides is 1. The van der Waals surface area contributed by atoms with Crippen LogP contribution in [0.5, 0.6) is 11.6 Å². The molecule has 5 nitrogen and oxygen atoms in total. The first-order chi connectivity index (χ1) is 13.4. The van der Waals surface area contributed by atoms with Crippen LogP contribution in [0.1, 0.15) is 21.5 Å². The van der Waals surface area contributed by atoms with Crippen molar-refractivity contribution in [1.29, 1.82) is 0 Å². The van der Waals surface area contributed by atoms with Crippen molar-refractivity contribution in [2.24, 2.45) is 0 Å². The van der Waals surface area contributed by atoms with Gasteiger partial charge in [-0.05, 0) is 36.4 Å². The molecule has 3 aromatic rings. The number of nitrogens with one attached hydrogen (secondary N) is 2. The number of rotatable bonds is 5. The van der Waals surface area contributed by atoms with Crippen LogP contribution in [0.4, 0.5) is 24.5 Å². The number of hydrogen-bond acceptors (Lipinski definition) is 4. The van der Waals surface area contributed by atoms with Gasteiger partial charge in [-0.3, -0.25) is 4.79 Å². The molecule has 0 atom stereocenters. The van der Waals surface area contributed by atoms with Crippen LogP contribution in [-0.2, 0) is 12.7 Å². The van der Waals surface area contributed by atoms with Crippen LogP contribution in [0.25, 0.3) is 0 Å². The molecule has 0 aliphatic carbocycles. The number of aromatic nitrogens is 1. The highest BCUT2D eigenvalue weighted by molar-refractivity contribution is 6.08. The molecular formula is C20H14F3N3O2. The number of pyridine rings is 1. The molecule has 1 amide bonds. The van der Waals surface area contributed by atoms with Crippen molar-refractivity contribution in [3.05, 3.63) is 77.5 Å². The van der Waals surface area contributed by atoms with Crippen LogP contribution in [0, 0.1) is 0 Å². The number of hydrogen-bond donors (Lipinski definition) is 2. The normalized spacial score (nSPS) is 12.0. The second-order valence-electron chi connectivity index (χ2n) is 6.14. The number of benzene rings is 2. The van der Waals surface area contributed by atoms with E-state index in [0.717, 1.165) is 23.4 Å². The predicted molar refractivity (Wildman–Crippen MR) is 97.5 cm³/mol. The lowest BCUT2D eigenvalue weighted by atomic mass is 10.1. The number of carbonyl (C=O) groups excluding carboxylic acids is 1. The third-order valence-electron chi connectivity index (χ3n) is 4.20. The Kier molecular flexibility index (Phi) is 4.38. The highest BCUT2D eigenvalue weighted by atomic mass is 19.4. The Morgan fingerprint density at radius 2 is 1.89 bits per heavy atom. The topological polar surface area (TPSA) is 66.5 Å². The highest BCUT2D eigenvalue weighted by Crippen LogP contribution is 2.45. The molecule has 2 heterocycles. The maximum Gasteiger partial charge on any atom is 0.416 e. The first kappa shape index (κ1) is 17.8. The zero-order valence-electron chi connectivity index (χ0n) is 14.4. The Balaban J connectivity index is 1.50. The molecule has 28 heavy (non-hydrogen) atoms. The monoisotopic (exact) mass is 385 g/mol. The van der Waals surface area contributed by atoms with Gasteiger partial charge in [0.25, 0.3) is 11.8 Å². The summed E-state index contributed by atoms with van der Waals surface area (Å²) >= 11 is 0. The summed E-state index contributed by atoms with van der Waals surface area (Å²) in [4.78, 5) is 16.6. The van der Waals surface area contributed by atoms with Gasteiger partial charge in [0.1, 0.15) is 0 Å². The van der Waals surface area contributed by atoms with Gasteiger partial charge in [-0.2, -0.15) is 13.2 Å². The summed E-state index contributed by atoms with van der Waals surface area (Å²) in [5.41, 5.74) is 1.02. The van der Waals surface area contributed by atoms with Gasteiger partial charge in [0.05, 0.1) is 11.1 Å². The molecule has 0 fully saturated rings. The predicted octanol–water partition coefficient (Wildman–Crippen LogP) is 5.07. The fourth-order valence-electron chi connectivity index (χ4n) is 2.77. The molecule has 1 aliphatic rings. The van der Waals surface area contributed by atoms with Crippen molar-refractivity contribution in [1.82, 2.24) is 4.98 Å². The number of anilines is 2. The Hall–Kier alpha value is -3.55. The Bertz CT molecular complexity index is 1050. The molecule has 0 spiro atoms. The molecular weight excluding hydrogens is 371 g/mol. The first-order valence-corrected chi connectivity index (χ1v) is 8.39. The number of alkyl halides is 3. The number of para-hydroxylation sites is 1. The van der Waals surface area contributed by atoms with Gasteiger partial charge in [0.15, 0.2) is 5.75 Å². The second-order valence-corrected chi connectivity index (χ2v) is 6.14. The molecule has 8 heteroatoms. The third kappa shape index (κ3) is 3.75. The van der Waals surface area contributed by atoms with E-state index in [2.05, 4.69) is 15.6 Å². The average molecular weight is 385 g/mol. The summed E-state index contributed by atoms with van der Waals surface area (Å²) in [7, 11) is 0. The molecule has 1 aromatic heterocycles. The van der Waals surface area contributed by atoms with Crippen LogP contribution in [-0.4, -0.2) is 10.9 Å². The summed E-state index contributed by atoms with van der Waals surface area (Å²) in [6, 6.07) is 13.1. The highest BCUT2D eigenvalue weighted by Gasteiger charge is 2.30. The fourth-order valence-corrected chi connectivity index (χ4v) is 2.77. The zero-order valence-corrected chi connectivity index (χ0v) is 14.4. The van der Waals surface area contributed by atoms with E-state index in [0.29, 0.717) is 23.7 Å². The Morgan fingerprint density at radius 1 is 1.07 bits per heavy atom. The van der Waals surface area contributed by atoms with Gasteiger partial charge >= 0.3 is 6.18 Å². The minimum absolute atomic E-state index is 0.0713. The molecule has 0 saturated carbocycles. The molecule has 0 saturated heterocycles. The molecule has 1 aliphatic heterocycles. The second kappa shape index (κ2) is 6.88. The van der Waals surface area contributed by atoms with E-state index in [1.54, 1.807) is 30.5 Å². The average Bonchev–Trinajstić information content (AvgIpc) is 3.46. The summed E-state index contributed by atoms with van der Waals surface area (Å²) in [6.07, 6.45) is -2.84. The lowest BCUT2D eigenvalue weighted by Crippen LogP contribution is -2.15. The Morgan fingerprint density at radius 3 is 2.71 bits per heavy atom. The molecule has 4 rings (SSSR count). The van der Waals surface area contributed by atoms with Crippen molar-refractivity contribution in [3.8, 4) is 11.6 Å². The molecule has 142 valence electrons. The van der Waals surface area contributed by atoms with Gasteiger partial charge in [0.2, 0.25) is 0 Å². The van der Waals surface area contributed by atoms with Gasteiger partial charge in [-0.25, -0.2) is 4.98 Å². The zero-order chi connectivity index (χ0) is 19.7. The summed E-state index contributed by atoms with van der Waals surface area (Å²) < 4.78 is 43.8. The van der Waals surface area contributed by atoms with E-state index in [-0.39, 0.29) is 5.69 Å². The maximum absolute atomic E-state index is 12.9. The van der Waals surface area contributed by atoms with E-state index in [4.69, 9.17) is 4.74 Å². The minimum Gasteiger partial charge on any atom is -0.430 e. The SMILES string of the molecule is O=C(Nc1cccc(C(F)(F)F)c1)c1ccccc1NCc1ccnc2c1O2. The van der Waals surface area contributed by atoms with Crippen LogP contribution >= 0.6 is 0 Å². The van der Waals surface area contributed by atoms with Crippen molar-refractivity contribution in [2.45, 2.75) is 12.7 Å². The van der Waals surface area contributed by atoms with Gasteiger partial charge in [0, 0.05) is 29.7 Å². The van der Waals surface area contributed by atoms with Crippen LogP contribution < -0.4 is 15.4 Å². The smallest absolute Gasteiger partial charge is 0.416 e. The number of nitrogens with zero attached hydrogens (tertiary/aromatic N) is 1. The summed E-state index contributed by atoms with van der Waals surface area (Å²) in [5.74, 6) is 0.806. The largest absolute Gasteiger partial charge is 0.430 e. The lowest BCUT2D eigenvalue weighted by Gasteiger charge is -2.13. The molecule has 0 unspecified atom stereocenters. The van der Waals surface area contributed by atoms with Crippen LogP contribution in [0.15, 0.2) is 60.8 Å². The van der Waals surface area contributed by atoms with E-state index >= 15 is 0 Å². The van der Waals surface area contributed by atoms with Gasteiger partial charge in [-0.1, -0.05) is 18.2 Å². The maximum atomic E-state index is 12.9. The van der Waals surface area contributed by atoms with Crippen LogP contribution in [0.3, 0.4) is 0 Å². The first-order valence-electron chi connectivity index (χ1n) is 8.39. The van der Waals surface area contributed by atoms with E-state index in [1.807, 2.05) is 6.07 Å². The molecule has 2 N–H and O–H groups in total. The lowest BCUT2D eigenvalue weighted by molar-refractivity contribution is -0.137. The third-order valence-corrected chi connectivity index (χ3v) is 4.20. The summed E-state index contributed by atoms with van der Waals surface area (Å²) in [5, 5.41) is 5.67. The summed E-state index contributed by atoms with van der Waals surface area (Å²) in [6.45, 7) is 0.415. The number of fused-ring (bicyclic) bond motifs is 1. The van der Waals surface area contributed by atoms with Gasteiger partial charge < -0.3 is 15.4 Å². The fraction of sp³-hybridized carbons (Fsp3) is 0.100. The molecule has 0 radical (unpaired) electrons. The molecule has 0 bridgehead atoms. The quantitative estimate of drug-likeness (QED) is 0.471. The van der Waals surface area contributed by atoms with Crippen molar-refractivity contribution in [2.75, 3.05) is 10.6 Å². The van der Waals surface area contributed by atoms with E-state index in [9.17, 15) is 18.0 Å². The van der Waals surface area contributed by atoms with E-state index < -0.39 is 17.6 Å². The van der Waals surface area contributed by atoms with Crippen molar-refractivity contribution >= 4 is 17.3 Å².